The molecule has 1 aromatic carbocycles. The minimum absolute atomic E-state index is 0. The van der Waals surface area contributed by atoms with Gasteiger partial charge in [-0.1, -0.05) is 6.92 Å². The molecular formula is C18H30Cl2N4O2. The molecule has 8 heteroatoms. The SMILES string of the molecule is CCN1CCN(c2ccc(C(=O)NCC3CNCC3O)cc2)CC1.Cl.Cl. The number of piperazine rings is 1. The van der Waals surface area contributed by atoms with Gasteiger partial charge in [0.2, 0.25) is 0 Å². The summed E-state index contributed by atoms with van der Waals surface area (Å²) in [5.41, 5.74) is 1.85. The molecule has 1 aromatic rings. The summed E-state index contributed by atoms with van der Waals surface area (Å²) in [6, 6.07) is 7.84. The third kappa shape index (κ3) is 5.72. The third-order valence-electron chi connectivity index (χ3n) is 5.14. The number of β-amino-alcohol motifs (C(OH)–C–C–N with tert-alkyl or cyclic N) is 1. The van der Waals surface area contributed by atoms with Gasteiger partial charge < -0.3 is 25.5 Å². The van der Waals surface area contributed by atoms with E-state index in [0.29, 0.717) is 18.7 Å². The Hall–Kier alpha value is -1.05. The average molecular weight is 405 g/mol. The lowest BCUT2D eigenvalue weighted by Gasteiger charge is -2.35. The van der Waals surface area contributed by atoms with Crippen LogP contribution in [0.1, 0.15) is 17.3 Å². The van der Waals surface area contributed by atoms with E-state index in [1.165, 1.54) is 5.69 Å². The van der Waals surface area contributed by atoms with Crippen LogP contribution in [0.25, 0.3) is 0 Å². The van der Waals surface area contributed by atoms with Crippen molar-refractivity contribution >= 4 is 36.4 Å². The number of benzene rings is 1. The van der Waals surface area contributed by atoms with Crippen LogP contribution in [0, 0.1) is 5.92 Å². The van der Waals surface area contributed by atoms with Crippen molar-refractivity contribution in [2.45, 2.75) is 13.0 Å². The van der Waals surface area contributed by atoms with Crippen LogP contribution in [-0.2, 0) is 0 Å². The number of amides is 1. The van der Waals surface area contributed by atoms with E-state index in [9.17, 15) is 9.90 Å². The lowest BCUT2D eigenvalue weighted by molar-refractivity contribution is 0.0927. The molecule has 0 spiro atoms. The zero-order chi connectivity index (χ0) is 16.9. The van der Waals surface area contributed by atoms with E-state index < -0.39 is 0 Å². The average Bonchev–Trinajstić information content (AvgIpc) is 3.05. The van der Waals surface area contributed by atoms with Crippen LogP contribution in [-0.4, -0.2) is 74.4 Å². The van der Waals surface area contributed by atoms with Crippen LogP contribution in [0.2, 0.25) is 0 Å². The molecule has 0 bridgehead atoms. The summed E-state index contributed by atoms with van der Waals surface area (Å²) in [7, 11) is 0. The molecular weight excluding hydrogens is 375 g/mol. The number of nitrogens with zero attached hydrogens (tertiary/aromatic N) is 2. The zero-order valence-electron chi connectivity index (χ0n) is 15.2. The maximum atomic E-state index is 12.2. The normalized spacial score (nSPS) is 23.1. The second kappa shape index (κ2) is 10.9. The molecule has 2 fully saturated rings. The Kier molecular flexibility index (Phi) is 9.68. The molecule has 0 saturated carbocycles. The highest BCUT2D eigenvalue weighted by molar-refractivity contribution is 5.94. The zero-order valence-corrected chi connectivity index (χ0v) is 16.8. The monoisotopic (exact) mass is 404 g/mol. The Balaban J connectivity index is 0.00000169. The Morgan fingerprint density at radius 2 is 1.81 bits per heavy atom. The number of likely N-dealkylation sites (N-methyl/N-ethyl adjacent to an activating group) is 1. The topological polar surface area (TPSA) is 67.8 Å². The van der Waals surface area contributed by atoms with Crippen molar-refractivity contribution in [1.82, 2.24) is 15.5 Å². The van der Waals surface area contributed by atoms with Crippen molar-refractivity contribution in [3.8, 4) is 0 Å². The number of anilines is 1. The summed E-state index contributed by atoms with van der Waals surface area (Å²) < 4.78 is 0. The fourth-order valence-corrected chi connectivity index (χ4v) is 3.40. The number of nitrogens with one attached hydrogen (secondary N) is 2. The Morgan fingerprint density at radius 1 is 1.15 bits per heavy atom. The fraction of sp³-hybridized carbons (Fsp3) is 0.611. The molecule has 0 aromatic heterocycles. The molecule has 2 unspecified atom stereocenters. The van der Waals surface area contributed by atoms with Gasteiger partial charge in [0, 0.05) is 63.0 Å². The number of carbonyl (C=O) groups is 1. The highest BCUT2D eigenvalue weighted by atomic mass is 35.5. The van der Waals surface area contributed by atoms with Crippen molar-refractivity contribution in [3.05, 3.63) is 29.8 Å². The first kappa shape index (κ1) is 23.0. The van der Waals surface area contributed by atoms with Crippen LogP contribution < -0.4 is 15.5 Å². The summed E-state index contributed by atoms with van der Waals surface area (Å²) in [4.78, 5) is 17.1. The third-order valence-corrected chi connectivity index (χ3v) is 5.14. The van der Waals surface area contributed by atoms with Crippen LogP contribution in [0.15, 0.2) is 24.3 Å². The standard InChI is InChI=1S/C18H28N4O2.2ClH/c1-2-21-7-9-22(10-8-21)16-5-3-14(4-6-16)18(24)20-12-15-11-19-13-17(15)23;;/h3-6,15,17,19,23H,2,7-13H2,1H3,(H,20,24);2*1H. The summed E-state index contributed by atoms with van der Waals surface area (Å²) in [6.45, 7) is 9.44. The van der Waals surface area contributed by atoms with Crippen molar-refractivity contribution in [2.24, 2.45) is 5.92 Å². The van der Waals surface area contributed by atoms with Crippen molar-refractivity contribution < 1.29 is 9.90 Å². The quantitative estimate of drug-likeness (QED) is 0.682. The van der Waals surface area contributed by atoms with E-state index in [1.807, 2.05) is 24.3 Å². The largest absolute Gasteiger partial charge is 0.391 e. The van der Waals surface area contributed by atoms with E-state index in [2.05, 4.69) is 27.4 Å². The minimum Gasteiger partial charge on any atom is -0.391 e. The van der Waals surface area contributed by atoms with Crippen LogP contribution in [0.4, 0.5) is 5.69 Å². The van der Waals surface area contributed by atoms with Crippen LogP contribution >= 0.6 is 24.8 Å². The Bertz CT molecular complexity index is 551. The molecule has 2 aliphatic heterocycles. The fourth-order valence-electron chi connectivity index (χ4n) is 3.40. The van der Waals surface area contributed by atoms with Gasteiger partial charge in [-0.25, -0.2) is 0 Å². The number of halogens is 2. The first-order valence-corrected chi connectivity index (χ1v) is 8.91. The molecule has 2 saturated heterocycles. The summed E-state index contributed by atoms with van der Waals surface area (Å²) in [6.07, 6.45) is -0.366. The maximum Gasteiger partial charge on any atom is 0.251 e. The van der Waals surface area contributed by atoms with Gasteiger partial charge in [-0.15, -0.1) is 24.8 Å². The first-order valence-electron chi connectivity index (χ1n) is 8.91. The molecule has 0 aliphatic carbocycles. The van der Waals surface area contributed by atoms with Gasteiger partial charge in [0.1, 0.15) is 0 Å². The second-order valence-electron chi connectivity index (χ2n) is 6.66. The molecule has 148 valence electrons. The number of aliphatic hydroxyl groups excluding tert-OH is 1. The van der Waals surface area contributed by atoms with Gasteiger partial charge in [-0.05, 0) is 30.8 Å². The van der Waals surface area contributed by atoms with E-state index in [0.717, 1.165) is 39.3 Å². The smallest absolute Gasteiger partial charge is 0.251 e. The molecule has 3 rings (SSSR count). The van der Waals surface area contributed by atoms with Gasteiger partial charge in [-0.2, -0.15) is 0 Å². The number of aliphatic hydroxyl groups is 1. The molecule has 1 amide bonds. The molecule has 0 radical (unpaired) electrons. The molecule has 26 heavy (non-hydrogen) atoms. The molecule has 2 atom stereocenters. The predicted octanol–water partition coefficient (Wildman–Crippen LogP) is 0.982. The molecule has 2 heterocycles. The lowest BCUT2D eigenvalue weighted by Crippen LogP contribution is -2.46. The number of carbonyl (C=O) groups excluding carboxylic acids is 1. The predicted molar refractivity (Wildman–Crippen MR) is 110 cm³/mol. The number of hydrogen-bond donors (Lipinski definition) is 3. The molecule has 3 N–H and O–H groups in total. The van der Waals surface area contributed by atoms with E-state index >= 15 is 0 Å². The number of rotatable bonds is 5. The minimum atomic E-state index is -0.366. The Morgan fingerprint density at radius 3 is 2.35 bits per heavy atom. The highest BCUT2D eigenvalue weighted by Crippen LogP contribution is 2.17. The highest BCUT2D eigenvalue weighted by Gasteiger charge is 2.25. The summed E-state index contributed by atoms with van der Waals surface area (Å²) in [5, 5.41) is 15.8. The molecule has 2 aliphatic rings. The van der Waals surface area contributed by atoms with Gasteiger partial charge in [0.15, 0.2) is 0 Å². The molecule has 6 nitrogen and oxygen atoms in total. The lowest BCUT2D eigenvalue weighted by atomic mass is 10.1. The van der Waals surface area contributed by atoms with Gasteiger partial charge >= 0.3 is 0 Å². The van der Waals surface area contributed by atoms with E-state index in [4.69, 9.17) is 0 Å². The number of hydrogen-bond acceptors (Lipinski definition) is 5. The van der Waals surface area contributed by atoms with Crippen molar-refractivity contribution in [2.75, 3.05) is 57.3 Å². The van der Waals surface area contributed by atoms with E-state index in [1.54, 1.807) is 0 Å². The van der Waals surface area contributed by atoms with Crippen molar-refractivity contribution in [1.29, 1.82) is 0 Å². The first-order chi connectivity index (χ1) is 11.7. The van der Waals surface area contributed by atoms with Gasteiger partial charge in [-0.3, -0.25) is 4.79 Å². The van der Waals surface area contributed by atoms with Gasteiger partial charge in [0.05, 0.1) is 6.10 Å². The summed E-state index contributed by atoms with van der Waals surface area (Å²) in [5.74, 6) is 0.0273. The van der Waals surface area contributed by atoms with Crippen LogP contribution in [0.3, 0.4) is 0 Å². The Labute approximate surface area is 168 Å². The van der Waals surface area contributed by atoms with Gasteiger partial charge in [0.25, 0.3) is 5.91 Å². The van der Waals surface area contributed by atoms with Crippen molar-refractivity contribution in [3.63, 3.8) is 0 Å². The second-order valence-corrected chi connectivity index (χ2v) is 6.66. The van der Waals surface area contributed by atoms with Crippen LogP contribution in [0.5, 0.6) is 0 Å². The van der Waals surface area contributed by atoms with E-state index in [-0.39, 0.29) is 42.7 Å². The maximum absolute atomic E-state index is 12.2. The summed E-state index contributed by atoms with van der Waals surface area (Å²) >= 11 is 0.